The first-order chi connectivity index (χ1) is 10.3. The van der Waals surface area contributed by atoms with E-state index in [-0.39, 0.29) is 5.24 Å². The highest BCUT2D eigenvalue weighted by atomic mass is 32.2. The Balaban J connectivity index is 1.51. The van der Waals surface area contributed by atoms with Crippen molar-refractivity contribution in [3.05, 3.63) is 60.2 Å². The van der Waals surface area contributed by atoms with Gasteiger partial charge in [-0.2, -0.15) is 0 Å². The molecule has 21 heavy (non-hydrogen) atoms. The predicted octanol–water partition coefficient (Wildman–Crippen LogP) is 4.27. The highest BCUT2D eigenvalue weighted by Gasteiger charge is 2.05. The molecule has 3 rings (SSSR count). The van der Waals surface area contributed by atoms with Crippen LogP contribution >= 0.6 is 23.1 Å². The summed E-state index contributed by atoms with van der Waals surface area (Å²) in [6.45, 7) is 0. The van der Waals surface area contributed by atoms with Crippen molar-refractivity contribution in [2.75, 3.05) is 5.43 Å². The molecule has 3 aromatic rings. The molecule has 0 aliphatic heterocycles. The number of para-hydroxylation sites is 1. The number of hydrogen-bond acceptors (Lipinski definition) is 5. The maximum Gasteiger partial charge on any atom is 0.297 e. The Morgan fingerprint density at radius 1 is 1.10 bits per heavy atom. The molecule has 2 N–H and O–H groups in total. The number of nitrogens with one attached hydrogen (secondary N) is 2. The number of thioether (sulfide) groups is 1. The Labute approximate surface area is 130 Å². The average Bonchev–Trinajstić information content (AvgIpc) is 2.95. The topological polar surface area (TPSA) is 54.0 Å². The smallest absolute Gasteiger partial charge is 0.272 e. The van der Waals surface area contributed by atoms with Crippen LogP contribution in [-0.2, 0) is 5.75 Å². The molecule has 1 heterocycles. The van der Waals surface area contributed by atoms with E-state index in [9.17, 15) is 4.79 Å². The second-order valence-electron chi connectivity index (χ2n) is 4.30. The van der Waals surface area contributed by atoms with E-state index in [0.717, 1.165) is 15.8 Å². The monoisotopic (exact) mass is 315 g/mol. The van der Waals surface area contributed by atoms with Crippen LogP contribution in [0.5, 0.6) is 0 Å². The Hall–Kier alpha value is -2.05. The number of hydrazine groups is 1. The third kappa shape index (κ3) is 3.74. The van der Waals surface area contributed by atoms with E-state index in [1.807, 2.05) is 54.6 Å². The lowest BCUT2D eigenvalue weighted by atomic mass is 10.2. The normalized spacial score (nSPS) is 10.5. The quantitative estimate of drug-likeness (QED) is 0.706. The van der Waals surface area contributed by atoms with Gasteiger partial charge in [-0.15, -0.1) is 0 Å². The third-order valence-electron chi connectivity index (χ3n) is 2.78. The SMILES string of the molecule is O=C(NNc1nc2ccccc2s1)SCc1ccccc1. The van der Waals surface area contributed by atoms with Crippen LogP contribution in [0.25, 0.3) is 10.2 Å². The van der Waals surface area contributed by atoms with Gasteiger partial charge in [-0.05, 0) is 17.7 Å². The molecular weight excluding hydrogens is 302 g/mol. The van der Waals surface area contributed by atoms with E-state index < -0.39 is 0 Å². The number of thiazole rings is 1. The molecule has 106 valence electrons. The molecule has 0 aliphatic carbocycles. The first kappa shape index (κ1) is 13.9. The number of benzene rings is 2. The average molecular weight is 315 g/mol. The Bertz CT molecular complexity index is 710. The van der Waals surface area contributed by atoms with Gasteiger partial charge in [0.2, 0.25) is 5.13 Å². The summed E-state index contributed by atoms with van der Waals surface area (Å²) in [4.78, 5) is 16.2. The molecule has 0 spiro atoms. The zero-order valence-electron chi connectivity index (χ0n) is 11.1. The van der Waals surface area contributed by atoms with Crippen molar-refractivity contribution in [2.24, 2.45) is 0 Å². The number of aromatic nitrogens is 1. The fourth-order valence-electron chi connectivity index (χ4n) is 1.79. The van der Waals surface area contributed by atoms with Crippen molar-refractivity contribution in [2.45, 2.75) is 5.75 Å². The van der Waals surface area contributed by atoms with Crippen LogP contribution in [0, 0.1) is 0 Å². The molecule has 0 saturated heterocycles. The molecular formula is C15H13N3OS2. The fraction of sp³-hybridized carbons (Fsp3) is 0.0667. The van der Waals surface area contributed by atoms with Gasteiger partial charge in [0.05, 0.1) is 10.2 Å². The van der Waals surface area contributed by atoms with E-state index in [1.54, 1.807) is 0 Å². The van der Waals surface area contributed by atoms with Crippen LogP contribution in [0.3, 0.4) is 0 Å². The largest absolute Gasteiger partial charge is 0.297 e. The lowest BCUT2D eigenvalue weighted by molar-refractivity contribution is 0.262. The van der Waals surface area contributed by atoms with E-state index in [2.05, 4.69) is 15.8 Å². The summed E-state index contributed by atoms with van der Waals surface area (Å²) in [5.74, 6) is 0.647. The molecule has 0 atom stereocenters. The van der Waals surface area contributed by atoms with Gasteiger partial charge < -0.3 is 0 Å². The first-order valence-corrected chi connectivity index (χ1v) is 8.20. The molecule has 1 amide bonds. The minimum absolute atomic E-state index is 0.127. The van der Waals surface area contributed by atoms with Gasteiger partial charge in [0.1, 0.15) is 0 Å². The van der Waals surface area contributed by atoms with E-state index >= 15 is 0 Å². The lowest BCUT2D eigenvalue weighted by Crippen LogP contribution is -2.25. The first-order valence-electron chi connectivity index (χ1n) is 6.39. The predicted molar refractivity (Wildman–Crippen MR) is 89.5 cm³/mol. The Morgan fingerprint density at radius 2 is 1.86 bits per heavy atom. The number of anilines is 1. The molecule has 6 heteroatoms. The third-order valence-corrected chi connectivity index (χ3v) is 4.57. The molecule has 1 aromatic heterocycles. The summed E-state index contributed by atoms with van der Waals surface area (Å²) in [7, 11) is 0. The summed E-state index contributed by atoms with van der Waals surface area (Å²) < 4.78 is 1.09. The van der Waals surface area contributed by atoms with E-state index in [4.69, 9.17) is 0 Å². The minimum Gasteiger partial charge on any atom is -0.272 e. The van der Waals surface area contributed by atoms with Crippen molar-refractivity contribution in [1.29, 1.82) is 0 Å². The number of nitrogens with zero attached hydrogens (tertiary/aromatic N) is 1. The van der Waals surface area contributed by atoms with Gasteiger partial charge >= 0.3 is 0 Å². The molecule has 2 aromatic carbocycles. The van der Waals surface area contributed by atoms with Gasteiger partial charge in [-0.3, -0.25) is 15.6 Å². The number of carbonyl (C=O) groups is 1. The molecule has 4 nitrogen and oxygen atoms in total. The molecule has 0 saturated carbocycles. The number of fused-ring (bicyclic) bond motifs is 1. The number of rotatable bonds is 4. The van der Waals surface area contributed by atoms with Crippen molar-refractivity contribution in [1.82, 2.24) is 10.4 Å². The van der Waals surface area contributed by atoms with Crippen molar-refractivity contribution >= 4 is 43.7 Å². The minimum atomic E-state index is -0.127. The maximum absolute atomic E-state index is 11.8. The number of hydrogen-bond donors (Lipinski definition) is 2. The van der Waals surface area contributed by atoms with Crippen LogP contribution < -0.4 is 10.9 Å². The Morgan fingerprint density at radius 3 is 2.67 bits per heavy atom. The maximum atomic E-state index is 11.8. The van der Waals surface area contributed by atoms with Crippen LogP contribution in [0.15, 0.2) is 54.6 Å². The fourth-order valence-corrected chi connectivity index (χ4v) is 3.22. The molecule has 0 aliphatic rings. The zero-order chi connectivity index (χ0) is 14.5. The molecule has 0 fully saturated rings. The van der Waals surface area contributed by atoms with Crippen molar-refractivity contribution in [3.63, 3.8) is 0 Å². The van der Waals surface area contributed by atoms with Gasteiger partial charge in [0, 0.05) is 5.75 Å². The second kappa shape index (κ2) is 6.60. The van der Waals surface area contributed by atoms with Gasteiger partial charge in [-0.25, -0.2) is 4.98 Å². The van der Waals surface area contributed by atoms with Gasteiger partial charge in [-0.1, -0.05) is 65.6 Å². The van der Waals surface area contributed by atoms with Gasteiger partial charge in [0.25, 0.3) is 5.24 Å². The number of carbonyl (C=O) groups excluding carboxylic acids is 1. The molecule has 0 radical (unpaired) electrons. The van der Waals surface area contributed by atoms with Crippen LogP contribution in [0.4, 0.5) is 9.93 Å². The zero-order valence-corrected chi connectivity index (χ0v) is 12.7. The lowest BCUT2D eigenvalue weighted by Gasteiger charge is -2.04. The number of amides is 1. The summed E-state index contributed by atoms with van der Waals surface area (Å²) in [5.41, 5.74) is 7.56. The highest BCUT2D eigenvalue weighted by Crippen LogP contribution is 2.24. The summed E-state index contributed by atoms with van der Waals surface area (Å²) in [5, 5.41) is 0.558. The highest BCUT2D eigenvalue weighted by molar-refractivity contribution is 8.12. The summed E-state index contributed by atoms with van der Waals surface area (Å²) >= 11 is 2.73. The van der Waals surface area contributed by atoms with E-state index in [1.165, 1.54) is 23.1 Å². The van der Waals surface area contributed by atoms with Crippen LogP contribution in [0.1, 0.15) is 5.56 Å². The van der Waals surface area contributed by atoms with E-state index in [0.29, 0.717) is 10.9 Å². The second-order valence-corrected chi connectivity index (χ2v) is 6.28. The summed E-state index contributed by atoms with van der Waals surface area (Å²) in [6.07, 6.45) is 0. The Kier molecular flexibility index (Phi) is 4.37. The van der Waals surface area contributed by atoms with Crippen LogP contribution in [0.2, 0.25) is 0 Å². The molecule has 0 bridgehead atoms. The summed E-state index contributed by atoms with van der Waals surface area (Å²) in [6, 6.07) is 17.8. The van der Waals surface area contributed by atoms with Gasteiger partial charge in [0.15, 0.2) is 0 Å². The van der Waals surface area contributed by atoms with Crippen molar-refractivity contribution in [3.8, 4) is 0 Å². The van der Waals surface area contributed by atoms with Crippen LogP contribution in [-0.4, -0.2) is 10.2 Å². The van der Waals surface area contributed by atoms with Crippen molar-refractivity contribution < 1.29 is 4.79 Å². The standard InChI is InChI=1S/C15H13N3OS2/c19-15(20-10-11-6-2-1-3-7-11)18-17-14-16-12-8-4-5-9-13(12)21-14/h1-9H,10H2,(H,16,17)(H,18,19). The molecule has 0 unspecified atom stereocenters.